The van der Waals surface area contributed by atoms with Gasteiger partial charge in [-0.2, -0.15) is 0 Å². The Balaban J connectivity index is 2.25. The van der Waals surface area contributed by atoms with E-state index in [1.165, 1.54) is 0 Å². The van der Waals surface area contributed by atoms with Crippen molar-refractivity contribution < 1.29 is 4.74 Å². The molecule has 0 aliphatic carbocycles. The van der Waals surface area contributed by atoms with E-state index in [0.29, 0.717) is 6.61 Å². The van der Waals surface area contributed by atoms with Crippen LogP contribution in [0.4, 0.5) is 0 Å². The molecule has 14 heavy (non-hydrogen) atoms. The molecule has 1 aromatic heterocycles. The maximum absolute atomic E-state index is 6.21. The topological polar surface area (TPSA) is 66.0 Å². The first-order valence-corrected chi connectivity index (χ1v) is 5.01. The van der Waals surface area contributed by atoms with Crippen LogP contribution in [0, 0.1) is 0 Å². The van der Waals surface area contributed by atoms with E-state index in [4.69, 9.17) is 10.5 Å². The summed E-state index contributed by atoms with van der Waals surface area (Å²) in [4.78, 5) is 0. The molecule has 0 saturated carbocycles. The normalized spacial score (nSPS) is 27.0. The van der Waals surface area contributed by atoms with Crippen molar-refractivity contribution in [1.29, 1.82) is 0 Å². The van der Waals surface area contributed by atoms with Crippen molar-refractivity contribution >= 4 is 0 Å². The predicted molar refractivity (Wildman–Crippen MR) is 51.6 cm³/mol. The second kappa shape index (κ2) is 3.67. The zero-order valence-electron chi connectivity index (χ0n) is 8.44. The van der Waals surface area contributed by atoms with Gasteiger partial charge in [0.15, 0.2) is 5.82 Å². The standard InChI is InChI=1S/C9H16N4O/c1-2-4-13-7-11-12-8(13)9(10)3-5-14-6-9/h7H,2-6,10H2,1H3. The average molecular weight is 196 g/mol. The maximum atomic E-state index is 6.21. The second-order valence-electron chi connectivity index (χ2n) is 3.81. The Labute approximate surface area is 83.3 Å². The first kappa shape index (κ1) is 9.61. The molecule has 0 spiro atoms. The second-order valence-corrected chi connectivity index (χ2v) is 3.81. The SMILES string of the molecule is CCCn1cnnc1C1(N)CCOC1. The maximum Gasteiger partial charge on any atom is 0.155 e. The third kappa shape index (κ3) is 1.53. The Morgan fingerprint density at radius 3 is 3.21 bits per heavy atom. The van der Waals surface area contributed by atoms with E-state index in [2.05, 4.69) is 17.1 Å². The molecule has 1 saturated heterocycles. The van der Waals surface area contributed by atoms with E-state index in [9.17, 15) is 0 Å². The summed E-state index contributed by atoms with van der Waals surface area (Å²) in [5.41, 5.74) is 5.78. The minimum atomic E-state index is -0.425. The van der Waals surface area contributed by atoms with E-state index in [1.54, 1.807) is 6.33 Å². The Kier molecular flexibility index (Phi) is 2.52. The van der Waals surface area contributed by atoms with Gasteiger partial charge in [0.25, 0.3) is 0 Å². The molecule has 2 rings (SSSR count). The summed E-state index contributed by atoms with van der Waals surface area (Å²) in [5.74, 6) is 0.858. The molecule has 0 radical (unpaired) electrons. The highest BCUT2D eigenvalue weighted by molar-refractivity contribution is 5.07. The molecule has 0 amide bonds. The summed E-state index contributed by atoms with van der Waals surface area (Å²) in [6, 6.07) is 0. The Hall–Kier alpha value is -0.940. The molecule has 0 aromatic carbocycles. The van der Waals surface area contributed by atoms with Crippen molar-refractivity contribution in [3.05, 3.63) is 12.2 Å². The van der Waals surface area contributed by atoms with Crippen LogP contribution in [0.2, 0.25) is 0 Å². The van der Waals surface area contributed by atoms with Crippen LogP contribution >= 0.6 is 0 Å². The van der Waals surface area contributed by atoms with Gasteiger partial charge in [-0.3, -0.25) is 0 Å². The summed E-state index contributed by atoms with van der Waals surface area (Å²) in [7, 11) is 0. The highest BCUT2D eigenvalue weighted by atomic mass is 16.5. The minimum absolute atomic E-state index is 0.425. The van der Waals surface area contributed by atoms with Crippen molar-refractivity contribution in [3.8, 4) is 0 Å². The van der Waals surface area contributed by atoms with Crippen LogP contribution in [0.5, 0.6) is 0 Å². The summed E-state index contributed by atoms with van der Waals surface area (Å²) in [6.45, 7) is 4.31. The molecular weight excluding hydrogens is 180 g/mol. The Bertz CT molecular complexity index is 304. The monoisotopic (exact) mass is 196 g/mol. The fraction of sp³-hybridized carbons (Fsp3) is 0.778. The highest BCUT2D eigenvalue weighted by Crippen LogP contribution is 2.25. The first-order valence-electron chi connectivity index (χ1n) is 5.01. The summed E-state index contributed by atoms with van der Waals surface area (Å²) >= 11 is 0. The van der Waals surface area contributed by atoms with Crippen LogP contribution in [-0.2, 0) is 16.8 Å². The van der Waals surface area contributed by atoms with Crippen LogP contribution in [0.1, 0.15) is 25.6 Å². The first-order chi connectivity index (χ1) is 6.76. The van der Waals surface area contributed by atoms with Crippen LogP contribution in [-0.4, -0.2) is 28.0 Å². The van der Waals surface area contributed by atoms with Gasteiger partial charge in [0, 0.05) is 13.2 Å². The number of nitrogens with zero attached hydrogens (tertiary/aromatic N) is 3. The fourth-order valence-electron chi connectivity index (χ4n) is 1.80. The lowest BCUT2D eigenvalue weighted by Crippen LogP contribution is -2.40. The molecule has 0 bridgehead atoms. The number of ether oxygens (including phenoxy) is 1. The molecular formula is C9H16N4O. The number of nitrogens with two attached hydrogens (primary N) is 1. The molecule has 1 fully saturated rings. The van der Waals surface area contributed by atoms with Crippen LogP contribution < -0.4 is 5.73 Å². The Morgan fingerprint density at radius 1 is 1.71 bits per heavy atom. The molecule has 1 aliphatic rings. The number of hydrogen-bond acceptors (Lipinski definition) is 4. The zero-order valence-corrected chi connectivity index (χ0v) is 8.44. The smallest absolute Gasteiger partial charge is 0.155 e. The van der Waals surface area contributed by atoms with Gasteiger partial charge in [0.1, 0.15) is 11.9 Å². The van der Waals surface area contributed by atoms with E-state index in [0.717, 1.165) is 31.8 Å². The van der Waals surface area contributed by atoms with Gasteiger partial charge in [-0.15, -0.1) is 10.2 Å². The van der Waals surface area contributed by atoms with Gasteiger partial charge < -0.3 is 15.0 Å². The largest absolute Gasteiger partial charge is 0.379 e. The van der Waals surface area contributed by atoms with Gasteiger partial charge in [0.2, 0.25) is 0 Å². The van der Waals surface area contributed by atoms with Crippen molar-refractivity contribution in [1.82, 2.24) is 14.8 Å². The van der Waals surface area contributed by atoms with Crippen molar-refractivity contribution in [2.75, 3.05) is 13.2 Å². The third-order valence-corrected chi connectivity index (χ3v) is 2.58. The average Bonchev–Trinajstić information content (AvgIpc) is 2.75. The molecule has 1 aliphatic heterocycles. The highest BCUT2D eigenvalue weighted by Gasteiger charge is 2.36. The number of aromatic nitrogens is 3. The van der Waals surface area contributed by atoms with Crippen molar-refractivity contribution in [2.45, 2.75) is 31.8 Å². The van der Waals surface area contributed by atoms with Gasteiger partial charge in [-0.05, 0) is 12.8 Å². The van der Waals surface area contributed by atoms with Crippen LogP contribution in [0.15, 0.2) is 6.33 Å². The van der Waals surface area contributed by atoms with Crippen LogP contribution in [0.25, 0.3) is 0 Å². The molecule has 1 aromatic rings. The predicted octanol–water partition coefficient (Wildman–Crippen LogP) is 0.262. The number of hydrogen-bond donors (Lipinski definition) is 1. The molecule has 5 heteroatoms. The quantitative estimate of drug-likeness (QED) is 0.753. The number of aryl methyl sites for hydroxylation is 1. The van der Waals surface area contributed by atoms with Crippen molar-refractivity contribution in [3.63, 3.8) is 0 Å². The summed E-state index contributed by atoms with van der Waals surface area (Å²) in [6.07, 6.45) is 3.63. The zero-order chi connectivity index (χ0) is 10.0. The molecule has 5 nitrogen and oxygen atoms in total. The lowest BCUT2D eigenvalue weighted by molar-refractivity contribution is 0.175. The van der Waals surface area contributed by atoms with E-state index in [-0.39, 0.29) is 0 Å². The fourth-order valence-corrected chi connectivity index (χ4v) is 1.80. The molecule has 78 valence electrons. The van der Waals surface area contributed by atoms with Gasteiger partial charge in [0.05, 0.1) is 6.61 Å². The Morgan fingerprint density at radius 2 is 2.57 bits per heavy atom. The molecule has 2 N–H and O–H groups in total. The number of rotatable bonds is 3. The van der Waals surface area contributed by atoms with E-state index in [1.807, 2.05) is 4.57 Å². The lowest BCUT2D eigenvalue weighted by Gasteiger charge is -2.21. The van der Waals surface area contributed by atoms with Crippen molar-refractivity contribution in [2.24, 2.45) is 5.73 Å². The van der Waals surface area contributed by atoms with E-state index >= 15 is 0 Å². The summed E-state index contributed by atoms with van der Waals surface area (Å²) in [5, 5.41) is 8.00. The lowest BCUT2D eigenvalue weighted by atomic mass is 9.99. The molecule has 1 unspecified atom stereocenters. The van der Waals surface area contributed by atoms with Gasteiger partial charge in [-0.25, -0.2) is 0 Å². The van der Waals surface area contributed by atoms with Gasteiger partial charge in [-0.1, -0.05) is 6.92 Å². The molecule has 1 atom stereocenters. The summed E-state index contributed by atoms with van der Waals surface area (Å²) < 4.78 is 7.33. The van der Waals surface area contributed by atoms with Crippen LogP contribution in [0.3, 0.4) is 0 Å². The minimum Gasteiger partial charge on any atom is -0.379 e. The van der Waals surface area contributed by atoms with E-state index < -0.39 is 5.54 Å². The molecule has 2 heterocycles. The third-order valence-electron chi connectivity index (χ3n) is 2.58. The van der Waals surface area contributed by atoms with Gasteiger partial charge >= 0.3 is 0 Å².